The van der Waals surface area contributed by atoms with Gasteiger partial charge >= 0.3 is 0 Å². The molecule has 4 N–H and O–H groups in total. The van der Waals surface area contributed by atoms with E-state index in [0.29, 0.717) is 10.9 Å². The maximum absolute atomic E-state index is 12.2. The Hall–Kier alpha value is -3.58. The summed E-state index contributed by atoms with van der Waals surface area (Å²) < 4.78 is 8.17. The van der Waals surface area contributed by atoms with Gasteiger partial charge in [-0.25, -0.2) is 10.1 Å². The third kappa shape index (κ3) is 6.71. The van der Waals surface area contributed by atoms with E-state index in [1.54, 1.807) is 6.21 Å². The number of carbonyl (C=O) groups excluding carboxylic acids is 1. The number of thioether (sulfide) groups is 1. The molecule has 0 spiro atoms. The van der Waals surface area contributed by atoms with Crippen molar-refractivity contribution in [2.75, 3.05) is 22.3 Å². The smallest absolute Gasteiger partial charge is 0.264 e. The number of nitrogens with two attached hydrogens (primary N) is 1. The zero-order chi connectivity index (χ0) is 23.8. The van der Waals surface area contributed by atoms with Crippen LogP contribution in [0.3, 0.4) is 0 Å². The quantitative estimate of drug-likeness (QED) is 0.0866. The van der Waals surface area contributed by atoms with Gasteiger partial charge in [0, 0.05) is 9.26 Å². The minimum atomic E-state index is -0.167. The number of nitrogen functional groups attached to an aromatic ring is 1. The van der Waals surface area contributed by atoms with Crippen LogP contribution >= 0.6 is 34.4 Å². The third-order valence-electron chi connectivity index (χ3n) is 4.34. The molecular formula is C23H20IN7O2S. The van der Waals surface area contributed by atoms with Crippen LogP contribution in [0.2, 0.25) is 0 Å². The standard InChI is InChI=1S/C23H20IN7O2S/c24-17-9-11-18(12-10-17)27-21(32)15-34-23-30-29-22(31(23)25)28-26-14-16-5-4-8-20(13-16)33-19-6-2-1-3-7-19/h1-14H,15,25H2,(H,27,32)(H,28,29)/b26-14+. The van der Waals surface area contributed by atoms with Crippen LogP contribution in [-0.4, -0.2) is 32.7 Å². The molecule has 1 heterocycles. The SMILES string of the molecule is Nn1c(N/N=C/c2cccc(Oc3ccccc3)c2)nnc1SCC(=O)Nc1ccc(I)cc1. The summed E-state index contributed by atoms with van der Waals surface area (Å²) in [6.07, 6.45) is 1.62. The van der Waals surface area contributed by atoms with Crippen LogP contribution in [0.25, 0.3) is 0 Å². The van der Waals surface area contributed by atoms with E-state index in [9.17, 15) is 4.79 Å². The lowest BCUT2D eigenvalue weighted by atomic mass is 10.2. The van der Waals surface area contributed by atoms with E-state index in [1.807, 2.05) is 78.9 Å². The van der Waals surface area contributed by atoms with Gasteiger partial charge in [-0.15, -0.1) is 10.2 Å². The largest absolute Gasteiger partial charge is 0.457 e. The van der Waals surface area contributed by atoms with Gasteiger partial charge in [0.1, 0.15) is 11.5 Å². The number of hydrogen-bond acceptors (Lipinski definition) is 8. The highest BCUT2D eigenvalue weighted by Crippen LogP contribution is 2.21. The molecule has 172 valence electrons. The topological polar surface area (TPSA) is 119 Å². The number of hydrogen-bond donors (Lipinski definition) is 3. The van der Waals surface area contributed by atoms with Crippen molar-refractivity contribution in [1.29, 1.82) is 0 Å². The van der Waals surface area contributed by atoms with Crippen LogP contribution in [-0.2, 0) is 4.79 Å². The van der Waals surface area contributed by atoms with E-state index < -0.39 is 0 Å². The summed E-state index contributed by atoms with van der Waals surface area (Å²) in [5, 5.41) is 15.4. The van der Waals surface area contributed by atoms with Crippen molar-refractivity contribution in [2.45, 2.75) is 5.16 Å². The summed E-state index contributed by atoms with van der Waals surface area (Å²) in [6, 6.07) is 24.6. The summed E-state index contributed by atoms with van der Waals surface area (Å²) in [5.41, 5.74) is 4.32. The molecule has 1 aromatic heterocycles. The lowest BCUT2D eigenvalue weighted by Gasteiger charge is -2.06. The summed E-state index contributed by atoms with van der Waals surface area (Å²) in [7, 11) is 0. The van der Waals surface area contributed by atoms with Crippen molar-refractivity contribution >= 4 is 58.1 Å². The number of aromatic nitrogens is 3. The molecule has 9 nitrogen and oxygen atoms in total. The highest BCUT2D eigenvalue weighted by Gasteiger charge is 2.12. The number of anilines is 2. The fraction of sp³-hybridized carbons (Fsp3) is 0.0435. The molecule has 0 saturated carbocycles. The summed E-state index contributed by atoms with van der Waals surface area (Å²) in [6.45, 7) is 0. The van der Waals surface area contributed by atoms with Crippen LogP contribution in [0.15, 0.2) is 89.1 Å². The Bertz CT molecular complexity index is 1280. The number of halogens is 1. The van der Waals surface area contributed by atoms with Crippen LogP contribution in [0.5, 0.6) is 11.5 Å². The molecule has 0 fully saturated rings. The molecule has 34 heavy (non-hydrogen) atoms. The van der Waals surface area contributed by atoms with Gasteiger partial charge in [-0.2, -0.15) is 5.10 Å². The van der Waals surface area contributed by atoms with Crippen molar-refractivity contribution in [3.63, 3.8) is 0 Å². The molecule has 0 saturated heterocycles. The van der Waals surface area contributed by atoms with E-state index in [1.165, 1.54) is 16.4 Å². The predicted molar refractivity (Wildman–Crippen MR) is 143 cm³/mol. The number of amides is 1. The third-order valence-corrected chi connectivity index (χ3v) is 6.00. The van der Waals surface area contributed by atoms with E-state index >= 15 is 0 Å². The molecule has 4 rings (SSSR count). The highest BCUT2D eigenvalue weighted by molar-refractivity contribution is 14.1. The average Bonchev–Trinajstić information content (AvgIpc) is 3.19. The van der Waals surface area contributed by atoms with Crippen LogP contribution < -0.4 is 21.3 Å². The molecule has 3 aromatic carbocycles. The second kappa shape index (κ2) is 11.5. The number of nitrogens with one attached hydrogen (secondary N) is 2. The van der Waals surface area contributed by atoms with E-state index in [2.05, 4.69) is 48.6 Å². The molecule has 0 radical (unpaired) electrons. The molecule has 1 amide bonds. The maximum Gasteiger partial charge on any atom is 0.264 e. The first kappa shape index (κ1) is 23.6. The van der Waals surface area contributed by atoms with E-state index in [-0.39, 0.29) is 17.6 Å². The summed E-state index contributed by atoms with van der Waals surface area (Å²) in [4.78, 5) is 12.2. The molecular weight excluding hydrogens is 565 g/mol. The lowest BCUT2D eigenvalue weighted by Crippen LogP contribution is -2.16. The van der Waals surface area contributed by atoms with Gasteiger partial charge in [0.15, 0.2) is 0 Å². The van der Waals surface area contributed by atoms with Gasteiger partial charge in [0.05, 0.1) is 12.0 Å². The van der Waals surface area contributed by atoms with Crippen LogP contribution in [0.1, 0.15) is 5.56 Å². The first-order chi connectivity index (χ1) is 16.6. The number of para-hydroxylation sites is 1. The number of rotatable bonds is 9. The molecule has 0 unspecified atom stereocenters. The number of carbonyl (C=O) groups is 1. The van der Waals surface area contributed by atoms with E-state index in [0.717, 1.165) is 20.6 Å². The first-order valence-electron chi connectivity index (χ1n) is 10.1. The average molecular weight is 585 g/mol. The maximum atomic E-state index is 12.2. The first-order valence-corrected chi connectivity index (χ1v) is 12.1. The lowest BCUT2D eigenvalue weighted by molar-refractivity contribution is -0.113. The Morgan fingerprint density at radius 3 is 2.62 bits per heavy atom. The van der Waals surface area contributed by atoms with Gasteiger partial charge in [-0.3, -0.25) is 4.79 Å². The number of nitrogens with zero attached hydrogens (tertiary/aromatic N) is 4. The molecule has 11 heteroatoms. The Morgan fingerprint density at radius 1 is 1.06 bits per heavy atom. The minimum Gasteiger partial charge on any atom is -0.457 e. The van der Waals surface area contributed by atoms with Gasteiger partial charge in [-0.05, 0) is 76.7 Å². The van der Waals surface area contributed by atoms with Crippen LogP contribution in [0, 0.1) is 3.57 Å². The molecule has 0 bridgehead atoms. The zero-order valence-electron chi connectivity index (χ0n) is 17.8. The second-order valence-corrected chi connectivity index (χ2v) is 9.07. The van der Waals surface area contributed by atoms with Crippen molar-refractivity contribution in [1.82, 2.24) is 14.9 Å². The van der Waals surface area contributed by atoms with Crippen molar-refractivity contribution < 1.29 is 9.53 Å². The molecule has 0 atom stereocenters. The highest BCUT2D eigenvalue weighted by atomic mass is 127. The van der Waals surface area contributed by atoms with Crippen LogP contribution in [0.4, 0.5) is 11.6 Å². The molecule has 0 aliphatic heterocycles. The van der Waals surface area contributed by atoms with Crippen molar-refractivity contribution in [3.8, 4) is 11.5 Å². The Kier molecular flexibility index (Phi) is 7.99. The predicted octanol–water partition coefficient (Wildman–Crippen LogP) is 4.57. The molecule has 4 aromatic rings. The van der Waals surface area contributed by atoms with Gasteiger partial charge in [0.2, 0.25) is 11.1 Å². The Balaban J connectivity index is 1.29. The fourth-order valence-electron chi connectivity index (χ4n) is 2.76. The minimum absolute atomic E-state index is 0.138. The number of ether oxygens (including phenoxy) is 1. The Labute approximate surface area is 213 Å². The number of benzene rings is 3. The van der Waals surface area contributed by atoms with Gasteiger partial charge < -0.3 is 15.9 Å². The molecule has 0 aliphatic carbocycles. The van der Waals surface area contributed by atoms with Gasteiger partial charge in [0.25, 0.3) is 5.95 Å². The summed E-state index contributed by atoms with van der Waals surface area (Å²) in [5.74, 6) is 7.69. The summed E-state index contributed by atoms with van der Waals surface area (Å²) >= 11 is 3.38. The second-order valence-electron chi connectivity index (χ2n) is 6.88. The monoisotopic (exact) mass is 585 g/mol. The number of hydrazone groups is 1. The van der Waals surface area contributed by atoms with Crippen molar-refractivity contribution in [2.24, 2.45) is 5.10 Å². The van der Waals surface area contributed by atoms with Crippen molar-refractivity contribution in [3.05, 3.63) is 88.0 Å². The Morgan fingerprint density at radius 2 is 1.82 bits per heavy atom. The normalized spacial score (nSPS) is 10.9. The molecule has 0 aliphatic rings. The van der Waals surface area contributed by atoms with Gasteiger partial charge in [-0.1, -0.05) is 42.1 Å². The zero-order valence-corrected chi connectivity index (χ0v) is 20.7. The fourth-order valence-corrected chi connectivity index (χ4v) is 3.78. The van der Waals surface area contributed by atoms with E-state index in [4.69, 9.17) is 10.6 Å².